The average molecular weight is 279 g/mol. The van der Waals surface area contributed by atoms with E-state index in [0.29, 0.717) is 5.92 Å². The second-order valence-electron chi connectivity index (χ2n) is 6.38. The molecule has 1 saturated heterocycles. The molecule has 3 rings (SSSR count). The number of piperidine rings is 1. The fraction of sp³-hybridized carbons (Fsp3) is 0.867. The fourth-order valence-electron chi connectivity index (χ4n) is 3.40. The second-order valence-corrected chi connectivity index (χ2v) is 6.38. The van der Waals surface area contributed by atoms with Crippen molar-refractivity contribution in [3.8, 4) is 0 Å². The van der Waals surface area contributed by atoms with Gasteiger partial charge in [0.1, 0.15) is 5.60 Å². The van der Waals surface area contributed by atoms with Crippen LogP contribution in [0.2, 0.25) is 0 Å². The summed E-state index contributed by atoms with van der Waals surface area (Å²) in [6, 6.07) is 0. The first kappa shape index (κ1) is 14.0. The number of nitrogens with zero attached hydrogens (tertiary/aromatic N) is 2. The summed E-state index contributed by atoms with van der Waals surface area (Å²) >= 11 is 0. The minimum atomic E-state index is -0.323. The Balaban J connectivity index is 1.77. The topological polar surface area (TPSA) is 60.2 Å². The van der Waals surface area contributed by atoms with Crippen LogP contribution in [0.25, 0.3) is 0 Å². The molecule has 2 heterocycles. The van der Waals surface area contributed by atoms with Gasteiger partial charge in [0.2, 0.25) is 11.7 Å². The van der Waals surface area contributed by atoms with Crippen molar-refractivity contribution in [2.24, 2.45) is 5.92 Å². The van der Waals surface area contributed by atoms with E-state index in [2.05, 4.69) is 22.4 Å². The number of hydrogen-bond donors (Lipinski definition) is 1. The Kier molecular flexibility index (Phi) is 4.08. The zero-order valence-electron chi connectivity index (χ0n) is 12.5. The lowest BCUT2D eigenvalue weighted by Crippen LogP contribution is -2.34. The summed E-state index contributed by atoms with van der Waals surface area (Å²) in [5.41, 5.74) is -0.323. The second kappa shape index (κ2) is 5.82. The summed E-state index contributed by atoms with van der Waals surface area (Å²) in [6.45, 7) is 4.34. The molecule has 0 bridgehead atoms. The highest BCUT2D eigenvalue weighted by atomic mass is 16.5. The van der Waals surface area contributed by atoms with Crippen LogP contribution in [0.1, 0.15) is 63.1 Å². The Morgan fingerprint density at radius 2 is 2.10 bits per heavy atom. The molecular formula is C15H25N3O2. The molecule has 112 valence electrons. The molecule has 1 aromatic rings. The molecule has 2 fully saturated rings. The number of methoxy groups -OCH3 is 1. The lowest BCUT2D eigenvalue weighted by Gasteiger charge is -2.35. The van der Waals surface area contributed by atoms with Gasteiger partial charge in [0.15, 0.2) is 0 Å². The summed E-state index contributed by atoms with van der Waals surface area (Å²) in [5.74, 6) is 2.67. The van der Waals surface area contributed by atoms with Gasteiger partial charge in [0, 0.05) is 13.7 Å². The van der Waals surface area contributed by atoms with Gasteiger partial charge in [0.25, 0.3) is 0 Å². The van der Waals surface area contributed by atoms with Gasteiger partial charge in [-0.3, -0.25) is 0 Å². The van der Waals surface area contributed by atoms with Crippen molar-refractivity contribution >= 4 is 0 Å². The lowest BCUT2D eigenvalue weighted by atomic mass is 9.79. The molecule has 20 heavy (non-hydrogen) atoms. The third-order valence-corrected chi connectivity index (χ3v) is 4.97. The van der Waals surface area contributed by atoms with E-state index in [1.165, 1.54) is 19.3 Å². The Hall–Kier alpha value is -0.940. The molecular weight excluding hydrogens is 254 g/mol. The van der Waals surface area contributed by atoms with E-state index in [0.717, 1.165) is 50.0 Å². The van der Waals surface area contributed by atoms with E-state index < -0.39 is 0 Å². The standard InChI is InChI=1S/C15H25N3O2/c1-11-5-7-15(19-2,8-6-11)14-17-13(20-18-14)12-4-3-9-16-10-12/h11-12,16H,3-10H2,1-2H3/t11?,12-,15?/m1/s1. The molecule has 1 atom stereocenters. The van der Waals surface area contributed by atoms with E-state index in [4.69, 9.17) is 9.26 Å². The van der Waals surface area contributed by atoms with Gasteiger partial charge in [-0.1, -0.05) is 12.1 Å². The molecule has 0 aromatic carbocycles. The van der Waals surface area contributed by atoms with Crippen molar-refractivity contribution < 1.29 is 9.26 Å². The van der Waals surface area contributed by atoms with E-state index in [1.807, 2.05) is 0 Å². The molecule has 1 aliphatic carbocycles. The van der Waals surface area contributed by atoms with Gasteiger partial charge >= 0.3 is 0 Å². The predicted molar refractivity (Wildman–Crippen MR) is 75.5 cm³/mol. The first-order chi connectivity index (χ1) is 9.73. The van der Waals surface area contributed by atoms with Crippen LogP contribution in [0.5, 0.6) is 0 Å². The van der Waals surface area contributed by atoms with Crippen LogP contribution in [-0.4, -0.2) is 30.3 Å². The van der Waals surface area contributed by atoms with Gasteiger partial charge in [0.05, 0.1) is 5.92 Å². The summed E-state index contributed by atoms with van der Waals surface area (Å²) in [7, 11) is 1.77. The fourth-order valence-corrected chi connectivity index (χ4v) is 3.40. The normalized spacial score (nSPS) is 35.1. The number of ether oxygens (including phenoxy) is 1. The Labute approximate surface area is 120 Å². The molecule has 5 heteroatoms. The van der Waals surface area contributed by atoms with E-state index >= 15 is 0 Å². The van der Waals surface area contributed by atoms with Crippen molar-refractivity contribution in [3.63, 3.8) is 0 Å². The Morgan fingerprint density at radius 3 is 2.75 bits per heavy atom. The average Bonchev–Trinajstić information content (AvgIpc) is 3.00. The SMILES string of the molecule is COC1(c2noc([C@@H]3CCCNC3)n2)CCC(C)CC1. The molecule has 1 saturated carbocycles. The molecule has 1 aliphatic heterocycles. The molecule has 0 amide bonds. The van der Waals surface area contributed by atoms with Crippen molar-refractivity contribution in [3.05, 3.63) is 11.7 Å². The Morgan fingerprint density at radius 1 is 1.30 bits per heavy atom. The highest BCUT2D eigenvalue weighted by Gasteiger charge is 2.40. The number of aromatic nitrogens is 2. The lowest BCUT2D eigenvalue weighted by molar-refractivity contribution is -0.0609. The summed E-state index contributed by atoms with van der Waals surface area (Å²) in [4.78, 5) is 4.68. The number of hydrogen-bond acceptors (Lipinski definition) is 5. The van der Waals surface area contributed by atoms with Crippen LogP contribution in [0.15, 0.2) is 4.52 Å². The maximum atomic E-state index is 5.81. The molecule has 0 unspecified atom stereocenters. The number of rotatable bonds is 3. The molecule has 0 spiro atoms. The van der Waals surface area contributed by atoms with Crippen LogP contribution in [0.3, 0.4) is 0 Å². The van der Waals surface area contributed by atoms with Gasteiger partial charge in [-0.2, -0.15) is 4.98 Å². The first-order valence-corrected chi connectivity index (χ1v) is 7.83. The first-order valence-electron chi connectivity index (χ1n) is 7.83. The van der Waals surface area contributed by atoms with Gasteiger partial charge < -0.3 is 14.6 Å². The largest absolute Gasteiger partial charge is 0.370 e. The third kappa shape index (κ3) is 2.61. The van der Waals surface area contributed by atoms with Crippen LogP contribution in [-0.2, 0) is 10.3 Å². The van der Waals surface area contributed by atoms with Crippen LogP contribution in [0.4, 0.5) is 0 Å². The summed E-state index contributed by atoms with van der Waals surface area (Å²) in [5, 5.41) is 7.64. The highest BCUT2D eigenvalue weighted by molar-refractivity contribution is 5.06. The monoisotopic (exact) mass is 279 g/mol. The minimum Gasteiger partial charge on any atom is -0.370 e. The van der Waals surface area contributed by atoms with Crippen LogP contribution >= 0.6 is 0 Å². The van der Waals surface area contributed by atoms with Gasteiger partial charge in [-0.05, 0) is 51.0 Å². The predicted octanol–water partition coefficient (Wildman–Crippen LogP) is 2.59. The maximum absolute atomic E-state index is 5.81. The summed E-state index contributed by atoms with van der Waals surface area (Å²) < 4.78 is 11.3. The Bertz CT molecular complexity index is 432. The summed E-state index contributed by atoms with van der Waals surface area (Å²) in [6.07, 6.45) is 6.63. The minimum absolute atomic E-state index is 0.323. The van der Waals surface area contributed by atoms with Crippen molar-refractivity contribution in [1.29, 1.82) is 0 Å². The molecule has 5 nitrogen and oxygen atoms in total. The van der Waals surface area contributed by atoms with Crippen molar-refractivity contribution in [2.45, 2.75) is 57.0 Å². The quantitative estimate of drug-likeness (QED) is 0.921. The van der Waals surface area contributed by atoms with E-state index in [1.54, 1.807) is 7.11 Å². The van der Waals surface area contributed by atoms with E-state index in [-0.39, 0.29) is 5.60 Å². The van der Waals surface area contributed by atoms with Crippen molar-refractivity contribution in [1.82, 2.24) is 15.5 Å². The molecule has 2 aliphatic rings. The van der Waals surface area contributed by atoms with Crippen LogP contribution in [0, 0.1) is 5.92 Å². The smallest absolute Gasteiger partial charge is 0.231 e. The van der Waals surface area contributed by atoms with Gasteiger partial charge in [-0.25, -0.2) is 0 Å². The molecule has 1 N–H and O–H groups in total. The highest BCUT2D eigenvalue weighted by Crippen LogP contribution is 2.41. The number of nitrogens with one attached hydrogen (secondary N) is 1. The molecule has 1 aromatic heterocycles. The van der Waals surface area contributed by atoms with Gasteiger partial charge in [-0.15, -0.1) is 0 Å². The van der Waals surface area contributed by atoms with E-state index in [9.17, 15) is 0 Å². The molecule has 0 radical (unpaired) electrons. The maximum Gasteiger partial charge on any atom is 0.231 e. The third-order valence-electron chi connectivity index (χ3n) is 4.97. The zero-order valence-corrected chi connectivity index (χ0v) is 12.5. The van der Waals surface area contributed by atoms with Crippen molar-refractivity contribution in [2.75, 3.05) is 20.2 Å². The van der Waals surface area contributed by atoms with Crippen LogP contribution < -0.4 is 5.32 Å². The zero-order chi connectivity index (χ0) is 14.0.